The van der Waals surface area contributed by atoms with Crippen LogP contribution in [0.3, 0.4) is 0 Å². The van der Waals surface area contributed by atoms with Crippen molar-refractivity contribution in [3.8, 4) is 0 Å². The van der Waals surface area contributed by atoms with Gasteiger partial charge in [0.05, 0.1) is 19.8 Å². The molecule has 220 valence electrons. The summed E-state index contributed by atoms with van der Waals surface area (Å²) in [4.78, 5) is 20.8. The van der Waals surface area contributed by atoms with Crippen LogP contribution in [0.5, 0.6) is 0 Å². The lowest BCUT2D eigenvalue weighted by atomic mass is 10.1. The third kappa shape index (κ3) is 28.1. The maximum atomic E-state index is 11.7. The van der Waals surface area contributed by atoms with Crippen LogP contribution in [-0.2, 0) is 27.9 Å². The molecule has 2 atom stereocenters. The smallest absolute Gasteiger partial charge is 0.458 e. The topological polar surface area (TPSA) is 117 Å². The van der Waals surface area contributed by atoms with Crippen LogP contribution in [0.1, 0.15) is 123 Å². The van der Waals surface area contributed by atoms with Gasteiger partial charge in [0.1, 0.15) is 6.10 Å². The van der Waals surface area contributed by atoms with Gasteiger partial charge < -0.3 is 20.1 Å². The molecule has 0 bridgehead atoms. The standard InChI is InChI=1S/C28H56NO7P/c1-3-4-5-6-7-8-9-10-11-12-13-14-15-16-17-18-19-20-21-23-33-25-28(36-27(2)30)26-35-37(31,32)34-24-22-29/h11-12,28H,3-10,13-26,29H2,1-2H3,(H,31,32)/b12-11-. The summed E-state index contributed by atoms with van der Waals surface area (Å²) in [6.07, 6.45) is 25.7. The molecule has 8 nitrogen and oxygen atoms in total. The molecule has 3 N–H and O–H groups in total. The summed E-state index contributed by atoms with van der Waals surface area (Å²) in [6, 6.07) is 0. The molecule has 0 radical (unpaired) electrons. The van der Waals surface area contributed by atoms with Crippen LogP contribution in [0.2, 0.25) is 0 Å². The molecule has 0 heterocycles. The molecule has 0 saturated heterocycles. The average Bonchev–Trinajstić information content (AvgIpc) is 2.86. The normalized spacial score (nSPS) is 14.2. The van der Waals surface area contributed by atoms with Crippen LogP contribution in [0, 0.1) is 0 Å². The maximum Gasteiger partial charge on any atom is 0.472 e. The number of carbonyl (C=O) groups excluding carboxylic acids is 1. The van der Waals surface area contributed by atoms with E-state index in [9.17, 15) is 14.3 Å². The molecular weight excluding hydrogens is 493 g/mol. The zero-order chi connectivity index (χ0) is 27.5. The summed E-state index contributed by atoms with van der Waals surface area (Å²) in [5, 5.41) is 0. The lowest BCUT2D eigenvalue weighted by molar-refractivity contribution is -0.151. The van der Waals surface area contributed by atoms with E-state index in [1.165, 1.54) is 103 Å². The minimum atomic E-state index is -4.22. The minimum absolute atomic E-state index is 0.0980. The number of unbranched alkanes of at least 4 members (excludes halogenated alkanes) is 15. The van der Waals surface area contributed by atoms with Crippen LogP contribution in [0.4, 0.5) is 0 Å². The number of rotatable bonds is 28. The van der Waals surface area contributed by atoms with Crippen molar-refractivity contribution in [1.82, 2.24) is 0 Å². The molecule has 0 spiro atoms. The first-order valence-electron chi connectivity index (χ1n) is 14.6. The van der Waals surface area contributed by atoms with Gasteiger partial charge in [0.15, 0.2) is 0 Å². The zero-order valence-electron chi connectivity index (χ0n) is 23.7. The molecule has 2 unspecified atom stereocenters. The molecule has 0 aromatic carbocycles. The number of carbonyl (C=O) groups is 1. The number of phosphoric acid groups is 1. The average molecular weight is 550 g/mol. The van der Waals surface area contributed by atoms with Gasteiger partial charge in [-0.25, -0.2) is 4.57 Å². The SMILES string of the molecule is CCCCCCCCC/C=C\CCCCCCCCCCOCC(COP(=O)(O)OCCN)OC(C)=O. The van der Waals surface area contributed by atoms with E-state index in [0.717, 1.165) is 12.8 Å². The minimum Gasteiger partial charge on any atom is -0.458 e. The second-order valence-electron chi connectivity index (χ2n) is 9.69. The Labute approximate surface area is 226 Å². The maximum absolute atomic E-state index is 11.7. The van der Waals surface area contributed by atoms with Crippen molar-refractivity contribution in [2.75, 3.05) is 33.0 Å². The predicted octanol–water partition coefficient (Wildman–Crippen LogP) is 7.23. The van der Waals surface area contributed by atoms with E-state index in [1.807, 2.05) is 0 Å². The largest absolute Gasteiger partial charge is 0.472 e. The van der Waals surface area contributed by atoms with Crippen LogP contribution >= 0.6 is 7.82 Å². The van der Waals surface area contributed by atoms with Crippen molar-refractivity contribution in [2.45, 2.75) is 129 Å². The Morgan fingerprint density at radius 1 is 0.784 bits per heavy atom. The first-order chi connectivity index (χ1) is 17.9. The predicted molar refractivity (Wildman–Crippen MR) is 150 cm³/mol. The first kappa shape index (κ1) is 36.2. The lowest BCUT2D eigenvalue weighted by Gasteiger charge is -2.19. The van der Waals surface area contributed by atoms with E-state index in [1.54, 1.807) is 0 Å². The Hall–Kier alpha value is -0.760. The summed E-state index contributed by atoms with van der Waals surface area (Å²) in [6.45, 7) is 3.90. The molecule has 37 heavy (non-hydrogen) atoms. The van der Waals surface area contributed by atoms with E-state index >= 15 is 0 Å². The van der Waals surface area contributed by atoms with Gasteiger partial charge in [0.2, 0.25) is 0 Å². The number of nitrogens with two attached hydrogens (primary N) is 1. The van der Waals surface area contributed by atoms with Gasteiger partial charge in [-0.3, -0.25) is 13.8 Å². The quantitative estimate of drug-likeness (QED) is 0.0454. The molecule has 0 aliphatic heterocycles. The van der Waals surface area contributed by atoms with Gasteiger partial charge >= 0.3 is 13.8 Å². The van der Waals surface area contributed by atoms with E-state index < -0.39 is 19.9 Å². The molecule has 0 aliphatic carbocycles. The van der Waals surface area contributed by atoms with Gasteiger partial charge in [-0.1, -0.05) is 96.1 Å². The fourth-order valence-electron chi connectivity index (χ4n) is 3.93. The van der Waals surface area contributed by atoms with Gasteiger partial charge in [-0.05, 0) is 32.1 Å². The summed E-state index contributed by atoms with van der Waals surface area (Å²) < 4.78 is 31.9. The molecule has 9 heteroatoms. The van der Waals surface area contributed by atoms with Crippen LogP contribution in [0.15, 0.2) is 12.2 Å². The van der Waals surface area contributed by atoms with Crippen molar-refractivity contribution in [1.29, 1.82) is 0 Å². The summed E-state index contributed by atoms with van der Waals surface area (Å²) in [7, 11) is -4.22. The fraction of sp³-hybridized carbons (Fsp3) is 0.893. The first-order valence-corrected chi connectivity index (χ1v) is 16.1. The molecule has 0 aliphatic rings. The van der Waals surface area contributed by atoms with E-state index in [2.05, 4.69) is 23.6 Å². The summed E-state index contributed by atoms with van der Waals surface area (Å²) >= 11 is 0. The second kappa shape index (κ2) is 26.8. The summed E-state index contributed by atoms with van der Waals surface area (Å²) in [5.74, 6) is -0.507. The third-order valence-corrected chi connectivity index (χ3v) is 6.97. The highest BCUT2D eigenvalue weighted by Crippen LogP contribution is 2.43. The van der Waals surface area contributed by atoms with Gasteiger partial charge in [0, 0.05) is 20.1 Å². The van der Waals surface area contributed by atoms with Crippen molar-refractivity contribution in [3.63, 3.8) is 0 Å². The Morgan fingerprint density at radius 2 is 1.30 bits per heavy atom. The highest BCUT2D eigenvalue weighted by molar-refractivity contribution is 7.47. The Bertz CT molecular complexity index is 589. The molecule has 0 amide bonds. The van der Waals surface area contributed by atoms with Gasteiger partial charge in [-0.15, -0.1) is 0 Å². The number of esters is 1. The zero-order valence-corrected chi connectivity index (χ0v) is 24.6. The van der Waals surface area contributed by atoms with Gasteiger partial charge in [-0.2, -0.15) is 0 Å². The van der Waals surface area contributed by atoms with Gasteiger partial charge in [0.25, 0.3) is 0 Å². The molecule has 0 rings (SSSR count). The number of ether oxygens (including phenoxy) is 2. The highest BCUT2D eigenvalue weighted by Gasteiger charge is 2.24. The Kier molecular flexibility index (Phi) is 26.3. The molecule has 0 aromatic rings. The monoisotopic (exact) mass is 549 g/mol. The molecule has 0 saturated carbocycles. The van der Waals surface area contributed by atoms with Crippen LogP contribution in [-0.4, -0.2) is 49.9 Å². The molecular formula is C28H56NO7P. The van der Waals surface area contributed by atoms with Crippen molar-refractivity contribution < 1.29 is 32.8 Å². The Balaban J connectivity index is 3.56. The molecule has 0 aromatic heterocycles. The number of hydrogen-bond donors (Lipinski definition) is 2. The number of phosphoric ester groups is 1. The van der Waals surface area contributed by atoms with E-state index in [-0.39, 0.29) is 26.4 Å². The van der Waals surface area contributed by atoms with Crippen LogP contribution < -0.4 is 5.73 Å². The Morgan fingerprint density at radius 3 is 1.81 bits per heavy atom. The molecule has 0 fully saturated rings. The van der Waals surface area contributed by atoms with E-state index in [0.29, 0.717) is 6.61 Å². The lowest BCUT2D eigenvalue weighted by Crippen LogP contribution is -2.27. The van der Waals surface area contributed by atoms with Crippen molar-refractivity contribution >= 4 is 13.8 Å². The van der Waals surface area contributed by atoms with Crippen molar-refractivity contribution in [2.24, 2.45) is 5.73 Å². The van der Waals surface area contributed by atoms with Crippen LogP contribution in [0.25, 0.3) is 0 Å². The second-order valence-corrected chi connectivity index (χ2v) is 11.1. The highest BCUT2D eigenvalue weighted by atomic mass is 31.2. The van der Waals surface area contributed by atoms with E-state index in [4.69, 9.17) is 19.7 Å². The fourth-order valence-corrected chi connectivity index (χ4v) is 4.70. The number of hydrogen-bond acceptors (Lipinski definition) is 7. The number of allylic oxidation sites excluding steroid dienone is 2. The third-order valence-electron chi connectivity index (χ3n) is 5.98. The van der Waals surface area contributed by atoms with Crippen molar-refractivity contribution in [3.05, 3.63) is 12.2 Å². The summed E-state index contributed by atoms with van der Waals surface area (Å²) in [5.41, 5.74) is 5.24.